The van der Waals surface area contributed by atoms with Crippen molar-refractivity contribution in [2.75, 3.05) is 12.4 Å². The molecule has 0 aliphatic heterocycles. The molecule has 3 rings (SSSR count). The van der Waals surface area contributed by atoms with Gasteiger partial charge in [-0.15, -0.1) is 0 Å². The summed E-state index contributed by atoms with van der Waals surface area (Å²) in [4.78, 5) is 12.4. The normalized spacial score (nSPS) is 11.0. The summed E-state index contributed by atoms with van der Waals surface area (Å²) in [5.74, 6) is -2.47. The monoisotopic (exact) mass is 431 g/mol. The zero-order chi connectivity index (χ0) is 22.4. The Balaban J connectivity index is 1.82. The third-order valence-electron chi connectivity index (χ3n) is 4.22. The summed E-state index contributed by atoms with van der Waals surface area (Å²) >= 11 is 0. The van der Waals surface area contributed by atoms with Gasteiger partial charge in [-0.2, -0.15) is 8.78 Å². The second kappa shape index (κ2) is 9.80. The van der Waals surface area contributed by atoms with E-state index in [1.165, 1.54) is 31.4 Å². The molecule has 0 bridgehead atoms. The molecule has 0 aromatic heterocycles. The topological polar surface area (TPSA) is 47.6 Å². The Morgan fingerprint density at radius 2 is 1.74 bits per heavy atom. The van der Waals surface area contributed by atoms with Crippen molar-refractivity contribution < 1.29 is 31.8 Å². The van der Waals surface area contributed by atoms with Gasteiger partial charge in [-0.3, -0.25) is 4.79 Å². The Hall–Kier alpha value is -3.81. The van der Waals surface area contributed by atoms with E-state index in [2.05, 4.69) is 10.1 Å². The van der Waals surface area contributed by atoms with Gasteiger partial charge in [-0.25, -0.2) is 8.78 Å². The maximum absolute atomic E-state index is 14.4. The number of carbonyl (C=O) groups is 1. The number of benzene rings is 3. The molecule has 1 amide bonds. The highest BCUT2D eigenvalue weighted by molar-refractivity contribution is 6.04. The number of nitrogens with one attached hydrogen (secondary N) is 1. The molecule has 1 N–H and O–H groups in total. The second-order valence-corrected chi connectivity index (χ2v) is 6.29. The van der Waals surface area contributed by atoms with Crippen LogP contribution >= 0.6 is 0 Å². The molecule has 0 fully saturated rings. The smallest absolute Gasteiger partial charge is 0.387 e. The number of methoxy groups -OCH3 is 1. The lowest BCUT2D eigenvalue weighted by Crippen LogP contribution is -2.11. The third kappa shape index (κ3) is 5.63. The molecule has 0 unspecified atom stereocenters. The van der Waals surface area contributed by atoms with Crippen molar-refractivity contribution in [3.05, 3.63) is 83.9 Å². The predicted octanol–water partition coefficient (Wildman–Crippen LogP) is 5.89. The average Bonchev–Trinajstić information content (AvgIpc) is 2.75. The Labute approximate surface area is 175 Å². The van der Waals surface area contributed by atoms with Crippen LogP contribution in [0, 0.1) is 11.6 Å². The second-order valence-electron chi connectivity index (χ2n) is 6.29. The Bertz CT molecular complexity index is 1100. The van der Waals surface area contributed by atoms with Gasteiger partial charge >= 0.3 is 6.61 Å². The van der Waals surface area contributed by atoms with Crippen LogP contribution in [0.25, 0.3) is 17.2 Å². The van der Waals surface area contributed by atoms with E-state index in [0.717, 1.165) is 12.1 Å². The minimum Gasteiger partial charge on any atom is -0.493 e. The van der Waals surface area contributed by atoms with Gasteiger partial charge in [0, 0.05) is 17.7 Å². The molecule has 8 heteroatoms. The first kappa shape index (κ1) is 21.9. The first-order valence-corrected chi connectivity index (χ1v) is 9.03. The summed E-state index contributed by atoms with van der Waals surface area (Å²) in [6.45, 7) is -3.01. The lowest BCUT2D eigenvalue weighted by Gasteiger charge is -2.12. The first-order valence-electron chi connectivity index (χ1n) is 9.03. The van der Waals surface area contributed by atoms with Crippen molar-refractivity contribution in [3.63, 3.8) is 0 Å². The van der Waals surface area contributed by atoms with Crippen molar-refractivity contribution in [1.29, 1.82) is 0 Å². The molecule has 4 nitrogen and oxygen atoms in total. The van der Waals surface area contributed by atoms with Crippen LogP contribution in [0.5, 0.6) is 11.5 Å². The molecule has 160 valence electrons. The third-order valence-corrected chi connectivity index (χ3v) is 4.22. The van der Waals surface area contributed by atoms with Crippen LogP contribution < -0.4 is 14.8 Å². The van der Waals surface area contributed by atoms with E-state index in [4.69, 9.17) is 4.74 Å². The Morgan fingerprint density at radius 3 is 2.42 bits per heavy atom. The van der Waals surface area contributed by atoms with E-state index in [9.17, 15) is 22.4 Å². The van der Waals surface area contributed by atoms with Crippen molar-refractivity contribution in [2.45, 2.75) is 6.61 Å². The summed E-state index contributed by atoms with van der Waals surface area (Å²) in [5, 5.41) is 2.42. The molecular weight excluding hydrogens is 414 g/mol. The Morgan fingerprint density at radius 1 is 1.00 bits per heavy atom. The zero-order valence-corrected chi connectivity index (χ0v) is 16.2. The number of alkyl halides is 2. The summed E-state index contributed by atoms with van der Waals surface area (Å²) < 4.78 is 62.3. The van der Waals surface area contributed by atoms with E-state index in [0.29, 0.717) is 17.2 Å². The molecule has 3 aromatic carbocycles. The van der Waals surface area contributed by atoms with Gasteiger partial charge in [0.15, 0.2) is 11.5 Å². The van der Waals surface area contributed by atoms with Crippen LogP contribution in [0.15, 0.2) is 66.7 Å². The lowest BCUT2D eigenvalue weighted by atomic mass is 10.0. The Kier molecular flexibility index (Phi) is 6.92. The fourth-order valence-corrected chi connectivity index (χ4v) is 2.86. The highest BCUT2D eigenvalue weighted by Gasteiger charge is 2.15. The molecule has 0 spiro atoms. The fourth-order valence-electron chi connectivity index (χ4n) is 2.86. The quantitative estimate of drug-likeness (QED) is 0.375. The van der Waals surface area contributed by atoms with Crippen LogP contribution in [0.1, 0.15) is 5.56 Å². The van der Waals surface area contributed by atoms with E-state index in [-0.39, 0.29) is 22.7 Å². The minimum absolute atomic E-state index is 0.0544. The number of amides is 1. The van der Waals surface area contributed by atoms with Gasteiger partial charge in [0.25, 0.3) is 0 Å². The van der Waals surface area contributed by atoms with Crippen LogP contribution in [0.3, 0.4) is 0 Å². The van der Waals surface area contributed by atoms with Gasteiger partial charge in [0.2, 0.25) is 5.91 Å². The van der Waals surface area contributed by atoms with Crippen LogP contribution in [-0.2, 0) is 4.79 Å². The predicted molar refractivity (Wildman–Crippen MR) is 109 cm³/mol. The summed E-state index contributed by atoms with van der Waals surface area (Å²) in [6, 6.07) is 14.4. The number of anilines is 1. The van der Waals surface area contributed by atoms with E-state index >= 15 is 0 Å². The van der Waals surface area contributed by atoms with Crippen molar-refractivity contribution >= 4 is 17.7 Å². The zero-order valence-electron chi connectivity index (χ0n) is 16.2. The largest absolute Gasteiger partial charge is 0.493 e. The van der Waals surface area contributed by atoms with Gasteiger partial charge in [-0.05, 0) is 35.4 Å². The number of hydrogen-bond donors (Lipinski definition) is 1. The molecule has 0 radical (unpaired) electrons. The number of ether oxygens (including phenoxy) is 2. The SMILES string of the molecule is COc1cc(C=CC(=O)Nc2c(F)cc(F)cc2-c2ccccc2)ccc1OC(F)F. The molecule has 0 saturated heterocycles. The van der Waals surface area contributed by atoms with Crippen LogP contribution in [0.4, 0.5) is 23.2 Å². The fraction of sp³-hybridized carbons (Fsp3) is 0.0870. The number of carbonyl (C=O) groups excluding carboxylic acids is 1. The number of halogens is 4. The minimum atomic E-state index is -3.01. The number of hydrogen-bond acceptors (Lipinski definition) is 3. The highest BCUT2D eigenvalue weighted by atomic mass is 19.3. The standard InChI is InChI=1S/C23H17F4NO3/c1-30-20-11-14(7-9-19(20)31-23(26)27)8-10-21(29)28-22-17(12-16(24)13-18(22)25)15-5-3-2-4-6-15/h2-13,23H,1H3,(H,28,29). The molecule has 0 aliphatic carbocycles. The average molecular weight is 431 g/mol. The molecule has 0 saturated carbocycles. The maximum Gasteiger partial charge on any atom is 0.387 e. The maximum atomic E-state index is 14.4. The number of rotatable bonds is 7. The van der Waals surface area contributed by atoms with Gasteiger partial charge in [0.1, 0.15) is 11.6 Å². The van der Waals surface area contributed by atoms with Gasteiger partial charge < -0.3 is 14.8 Å². The first-order chi connectivity index (χ1) is 14.9. The molecule has 0 heterocycles. The van der Waals surface area contributed by atoms with E-state index < -0.39 is 24.2 Å². The molecule has 0 aliphatic rings. The van der Waals surface area contributed by atoms with Crippen LogP contribution in [0.2, 0.25) is 0 Å². The summed E-state index contributed by atoms with van der Waals surface area (Å²) in [5.41, 5.74) is 1.01. The lowest BCUT2D eigenvalue weighted by molar-refractivity contribution is -0.111. The van der Waals surface area contributed by atoms with Crippen molar-refractivity contribution in [1.82, 2.24) is 0 Å². The van der Waals surface area contributed by atoms with Gasteiger partial charge in [-0.1, -0.05) is 36.4 Å². The summed E-state index contributed by atoms with van der Waals surface area (Å²) in [7, 11) is 1.29. The van der Waals surface area contributed by atoms with Crippen molar-refractivity contribution in [3.8, 4) is 22.6 Å². The van der Waals surface area contributed by atoms with E-state index in [1.807, 2.05) is 0 Å². The van der Waals surface area contributed by atoms with Crippen LogP contribution in [-0.4, -0.2) is 19.6 Å². The highest BCUT2D eigenvalue weighted by Crippen LogP contribution is 2.32. The molecular formula is C23H17F4NO3. The molecule has 0 atom stereocenters. The molecule has 3 aromatic rings. The van der Waals surface area contributed by atoms with Crippen molar-refractivity contribution in [2.24, 2.45) is 0 Å². The van der Waals surface area contributed by atoms with E-state index in [1.54, 1.807) is 30.3 Å². The summed E-state index contributed by atoms with van der Waals surface area (Å²) in [6.07, 6.45) is 2.51. The van der Waals surface area contributed by atoms with Gasteiger partial charge in [0.05, 0.1) is 12.8 Å². The molecule has 31 heavy (non-hydrogen) atoms.